The van der Waals surface area contributed by atoms with Crippen LogP contribution in [-0.2, 0) is 0 Å². The van der Waals surface area contributed by atoms with Gasteiger partial charge in [0.2, 0.25) is 5.69 Å². The first-order valence-corrected chi connectivity index (χ1v) is 5.00. The molecule has 0 atom stereocenters. The molecule has 0 aliphatic rings. The van der Waals surface area contributed by atoms with Gasteiger partial charge in [0.05, 0.1) is 18.0 Å². The van der Waals surface area contributed by atoms with Crippen molar-refractivity contribution in [1.82, 2.24) is 9.78 Å². The number of aryl methyl sites for hydroxylation is 1. The summed E-state index contributed by atoms with van der Waals surface area (Å²) in [6.45, 7) is 8.48. The monoisotopic (exact) mass is 245 g/mol. The van der Waals surface area contributed by atoms with Gasteiger partial charge in [-0.3, -0.25) is 0 Å². The van der Waals surface area contributed by atoms with Gasteiger partial charge in [-0.25, -0.2) is 18.7 Å². The van der Waals surface area contributed by atoms with Gasteiger partial charge in [0.15, 0.2) is 5.69 Å². The van der Waals surface area contributed by atoms with Crippen LogP contribution in [0.3, 0.4) is 0 Å². The SMILES string of the molecule is [C-]#[N+]c1cc(-n2nc(C)cc2C(=O)O)ccc1F. The molecule has 18 heavy (non-hydrogen) atoms. The number of halogens is 1. The van der Waals surface area contributed by atoms with E-state index in [1.165, 1.54) is 22.9 Å². The number of nitrogens with zero attached hydrogens (tertiary/aromatic N) is 3. The molecule has 1 aromatic carbocycles. The standard InChI is InChI=1S/C12H8FN3O2/c1-7-5-11(12(17)18)16(15-7)8-3-4-9(13)10(6-8)14-2/h3-6H,1H3,(H,17,18). The van der Waals surface area contributed by atoms with Crippen LogP contribution in [0.4, 0.5) is 10.1 Å². The quantitative estimate of drug-likeness (QED) is 0.827. The molecule has 0 aliphatic heterocycles. The average Bonchev–Trinajstić information content (AvgIpc) is 2.72. The van der Waals surface area contributed by atoms with Crippen LogP contribution in [0.15, 0.2) is 24.3 Å². The summed E-state index contributed by atoms with van der Waals surface area (Å²) in [5.74, 6) is -1.78. The maximum Gasteiger partial charge on any atom is 0.354 e. The van der Waals surface area contributed by atoms with E-state index >= 15 is 0 Å². The van der Waals surface area contributed by atoms with E-state index in [2.05, 4.69) is 9.94 Å². The van der Waals surface area contributed by atoms with Crippen molar-refractivity contribution in [1.29, 1.82) is 0 Å². The predicted molar refractivity (Wildman–Crippen MR) is 61.5 cm³/mol. The average molecular weight is 245 g/mol. The van der Waals surface area contributed by atoms with E-state index < -0.39 is 11.8 Å². The van der Waals surface area contributed by atoms with Crippen LogP contribution in [0.5, 0.6) is 0 Å². The summed E-state index contributed by atoms with van der Waals surface area (Å²) in [7, 11) is 0. The van der Waals surface area contributed by atoms with Crippen molar-refractivity contribution < 1.29 is 14.3 Å². The highest BCUT2D eigenvalue weighted by Gasteiger charge is 2.15. The lowest BCUT2D eigenvalue weighted by atomic mass is 10.2. The molecular weight excluding hydrogens is 237 g/mol. The molecule has 0 radical (unpaired) electrons. The maximum absolute atomic E-state index is 13.2. The summed E-state index contributed by atoms with van der Waals surface area (Å²) >= 11 is 0. The molecule has 1 N–H and O–H groups in total. The van der Waals surface area contributed by atoms with E-state index in [4.69, 9.17) is 11.7 Å². The highest BCUT2D eigenvalue weighted by Crippen LogP contribution is 2.22. The van der Waals surface area contributed by atoms with E-state index in [0.29, 0.717) is 11.4 Å². The Morgan fingerprint density at radius 2 is 2.22 bits per heavy atom. The lowest BCUT2D eigenvalue weighted by molar-refractivity contribution is 0.0687. The molecule has 0 saturated heterocycles. The van der Waals surface area contributed by atoms with Crippen LogP contribution in [0.2, 0.25) is 0 Å². The molecule has 1 aromatic heterocycles. The molecule has 6 heteroatoms. The first-order chi connectivity index (χ1) is 8.52. The number of carboxylic acids is 1. The number of hydrogen-bond acceptors (Lipinski definition) is 2. The maximum atomic E-state index is 13.2. The van der Waals surface area contributed by atoms with Gasteiger partial charge in [0.25, 0.3) is 0 Å². The molecule has 0 spiro atoms. The van der Waals surface area contributed by atoms with Crippen molar-refractivity contribution in [2.75, 3.05) is 0 Å². The molecule has 1 heterocycles. The summed E-state index contributed by atoms with van der Waals surface area (Å²) < 4.78 is 14.4. The fourth-order valence-electron chi connectivity index (χ4n) is 1.57. The second-order valence-corrected chi connectivity index (χ2v) is 3.64. The Bertz CT molecular complexity index is 670. The molecule has 0 bridgehead atoms. The Morgan fingerprint density at radius 1 is 1.50 bits per heavy atom. The van der Waals surface area contributed by atoms with Gasteiger partial charge in [0.1, 0.15) is 5.82 Å². The lowest BCUT2D eigenvalue weighted by Gasteiger charge is -2.05. The number of carbonyl (C=O) groups is 1. The third-order valence-electron chi connectivity index (χ3n) is 2.35. The van der Waals surface area contributed by atoms with Crippen molar-refractivity contribution in [3.05, 3.63) is 52.9 Å². The van der Waals surface area contributed by atoms with Gasteiger partial charge < -0.3 is 5.11 Å². The molecule has 5 nitrogen and oxygen atoms in total. The molecule has 0 aliphatic carbocycles. The van der Waals surface area contributed by atoms with Crippen LogP contribution < -0.4 is 0 Å². The van der Waals surface area contributed by atoms with E-state index in [9.17, 15) is 9.18 Å². The zero-order chi connectivity index (χ0) is 13.3. The van der Waals surface area contributed by atoms with Crippen LogP contribution in [0.25, 0.3) is 10.5 Å². The highest BCUT2D eigenvalue weighted by molar-refractivity contribution is 5.86. The zero-order valence-corrected chi connectivity index (χ0v) is 9.38. The number of benzene rings is 1. The fourth-order valence-corrected chi connectivity index (χ4v) is 1.57. The first kappa shape index (κ1) is 11.8. The third kappa shape index (κ3) is 1.94. The van der Waals surface area contributed by atoms with Crippen LogP contribution in [0, 0.1) is 19.3 Å². The Hall–Kier alpha value is -2.68. The lowest BCUT2D eigenvalue weighted by Crippen LogP contribution is -2.07. The summed E-state index contributed by atoms with van der Waals surface area (Å²) in [5.41, 5.74) is 0.668. The minimum absolute atomic E-state index is 0.0324. The van der Waals surface area contributed by atoms with Crippen molar-refractivity contribution in [3.8, 4) is 5.69 Å². The Labute approximate surface area is 102 Å². The number of hydrogen-bond donors (Lipinski definition) is 1. The van der Waals surface area contributed by atoms with Gasteiger partial charge in [-0.05, 0) is 31.2 Å². The van der Waals surface area contributed by atoms with Gasteiger partial charge in [-0.1, -0.05) is 0 Å². The van der Waals surface area contributed by atoms with Crippen LogP contribution in [0.1, 0.15) is 16.2 Å². The number of rotatable bonds is 2. The van der Waals surface area contributed by atoms with Crippen molar-refractivity contribution in [2.45, 2.75) is 6.92 Å². The van der Waals surface area contributed by atoms with E-state index in [1.54, 1.807) is 6.92 Å². The van der Waals surface area contributed by atoms with Crippen LogP contribution >= 0.6 is 0 Å². The van der Waals surface area contributed by atoms with Gasteiger partial charge in [0, 0.05) is 0 Å². The third-order valence-corrected chi connectivity index (χ3v) is 2.35. The summed E-state index contributed by atoms with van der Waals surface area (Å²) in [6.07, 6.45) is 0. The second-order valence-electron chi connectivity index (χ2n) is 3.64. The Balaban J connectivity index is 2.62. The number of aromatic carboxylic acids is 1. The van der Waals surface area contributed by atoms with Gasteiger partial charge in [-0.15, -0.1) is 0 Å². The predicted octanol–water partition coefficient (Wildman–Crippen LogP) is 2.57. The topological polar surface area (TPSA) is 59.5 Å². The highest BCUT2D eigenvalue weighted by atomic mass is 19.1. The first-order valence-electron chi connectivity index (χ1n) is 5.00. The molecule has 90 valence electrons. The molecule has 0 amide bonds. The molecule has 2 rings (SSSR count). The van der Waals surface area contributed by atoms with E-state index in [0.717, 1.165) is 6.07 Å². The molecule has 2 aromatic rings. The summed E-state index contributed by atoms with van der Waals surface area (Å²) in [5, 5.41) is 13.0. The number of carboxylic acid groups (broad SMARTS) is 1. The van der Waals surface area contributed by atoms with Gasteiger partial charge in [-0.2, -0.15) is 5.10 Å². The van der Waals surface area contributed by atoms with E-state index in [-0.39, 0.29) is 11.4 Å². The van der Waals surface area contributed by atoms with E-state index in [1.807, 2.05) is 0 Å². The summed E-state index contributed by atoms with van der Waals surface area (Å²) in [6, 6.07) is 5.17. The molecule has 0 fully saturated rings. The van der Waals surface area contributed by atoms with Gasteiger partial charge >= 0.3 is 5.97 Å². The largest absolute Gasteiger partial charge is 0.477 e. The fraction of sp³-hybridized carbons (Fsp3) is 0.0833. The van der Waals surface area contributed by atoms with Crippen molar-refractivity contribution in [3.63, 3.8) is 0 Å². The smallest absolute Gasteiger partial charge is 0.354 e. The molecule has 0 saturated carbocycles. The minimum Gasteiger partial charge on any atom is -0.477 e. The second kappa shape index (κ2) is 4.30. The molecule has 0 unspecified atom stereocenters. The normalized spacial score (nSPS) is 10.1. The van der Waals surface area contributed by atoms with Crippen LogP contribution in [-0.4, -0.2) is 20.9 Å². The minimum atomic E-state index is -1.13. The zero-order valence-electron chi connectivity index (χ0n) is 9.38. The van der Waals surface area contributed by atoms with Crippen molar-refractivity contribution in [2.24, 2.45) is 0 Å². The number of aromatic nitrogens is 2. The Kier molecular flexibility index (Phi) is 2.81. The Morgan fingerprint density at radius 3 is 2.83 bits per heavy atom. The van der Waals surface area contributed by atoms with Crippen molar-refractivity contribution >= 4 is 11.7 Å². The molecular formula is C12H8FN3O2. The summed E-state index contributed by atoms with van der Waals surface area (Å²) in [4.78, 5) is 14.1.